The lowest BCUT2D eigenvalue weighted by Crippen LogP contribution is -2.36. The van der Waals surface area contributed by atoms with Crippen LogP contribution in [0.5, 0.6) is 11.5 Å². The molecule has 0 amide bonds. The van der Waals surface area contributed by atoms with Crippen LogP contribution in [0.15, 0.2) is 41.4 Å². The van der Waals surface area contributed by atoms with Crippen LogP contribution in [0.1, 0.15) is 23.6 Å². The fourth-order valence-electron chi connectivity index (χ4n) is 2.53. The number of halogens is 3. The van der Waals surface area contributed by atoms with Gasteiger partial charge in [0.05, 0.1) is 18.2 Å². The molecule has 2 rings (SSSR count). The Morgan fingerprint density at radius 1 is 1.17 bits per heavy atom. The minimum Gasteiger partial charge on any atom is -0.490 e. The van der Waals surface area contributed by atoms with E-state index < -0.39 is 12.4 Å². The predicted octanol–water partition coefficient (Wildman–Crippen LogP) is 3.56. The molecular formula is C20H21F3N4O2. The molecule has 9 heteroatoms. The second kappa shape index (κ2) is 10.8. The van der Waals surface area contributed by atoms with Crippen molar-refractivity contribution in [2.24, 2.45) is 4.99 Å². The lowest BCUT2D eigenvalue weighted by atomic mass is 10.1. The number of rotatable bonds is 8. The smallest absolute Gasteiger partial charge is 0.387 e. The maximum atomic E-state index is 14.0. The average molecular weight is 406 g/mol. The number of para-hydroxylation sites is 1. The highest BCUT2D eigenvalue weighted by atomic mass is 19.3. The molecule has 0 spiro atoms. The van der Waals surface area contributed by atoms with Crippen molar-refractivity contribution >= 4 is 5.96 Å². The maximum absolute atomic E-state index is 14.0. The summed E-state index contributed by atoms with van der Waals surface area (Å²) in [6, 6.07) is 10.9. The quantitative estimate of drug-likeness (QED) is 0.518. The summed E-state index contributed by atoms with van der Waals surface area (Å²) in [5, 5.41) is 14.7. The number of benzene rings is 2. The normalized spacial score (nSPS) is 11.1. The second-order valence-corrected chi connectivity index (χ2v) is 5.75. The number of nitriles is 1. The molecule has 2 aromatic rings. The van der Waals surface area contributed by atoms with E-state index in [0.29, 0.717) is 23.7 Å². The highest BCUT2D eigenvalue weighted by Gasteiger charge is 2.16. The fourth-order valence-corrected chi connectivity index (χ4v) is 2.53. The molecule has 0 aliphatic carbocycles. The molecule has 0 heterocycles. The number of nitrogens with zero attached hydrogens (tertiary/aromatic N) is 2. The van der Waals surface area contributed by atoms with E-state index >= 15 is 0 Å². The SMILES string of the molecule is CCOc1cccc(CNC(=NC)NCc2ccc(C#N)cc2F)c1OC(F)F. The van der Waals surface area contributed by atoms with Crippen molar-refractivity contribution in [3.8, 4) is 17.6 Å². The standard InChI is InChI=1S/C20H21F3N4O2/c1-3-28-17-6-4-5-15(18(17)29-19(22)23)12-27-20(25-2)26-11-14-8-7-13(10-24)9-16(14)21/h4-9,19H,3,11-12H2,1-2H3,(H2,25,26,27). The minimum absolute atomic E-state index is 0.0505. The fraction of sp³-hybridized carbons (Fsp3) is 0.300. The van der Waals surface area contributed by atoms with E-state index in [9.17, 15) is 13.2 Å². The Hall–Kier alpha value is -3.41. The van der Waals surface area contributed by atoms with Gasteiger partial charge in [0, 0.05) is 31.3 Å². The van der Waals surface area contributed by atoms with Crippen molar-refractivity contribution < 1.29 is 22.6 Å². The molecule has 29 heavy (non-hydrogen) atoms. The van der Waals surface area contributed by atoms with E-state index in [2.05, 4.69) is 20.4 Å². The van der Waals surface area contributed by atoms with Crippen LogP contribution in [0.2, 0.25) is 0 Å². The molecule has 6 nitrogen and oxygen atoms in total. The monoisotopic (exact) mass is 406 g/mol. The Morgan fingerprint density at radius 3 is 2.48 bits per heavy atom. The molecule has 0 saturated carbocycles. The molecule has 2 aromatic carbocycles. The van der Waals surface area contributed by atoms with Crippen LogP contribution in [0.25, 0.3) is 0 Å². The number of nitrogens with one attached hydrogen (secondary N) is 2. The van der Waals surface area contributed by atoms with Gasteiger partial charge in [-0.3, -0.25) is 4.99 Å². The summed E-state index contributed by atoms with van der Waals surface area (Å²) < 4.78 is 49.6. The predicted molar refractivity (Wildman–Crippen MR) is 102 cm³/mol. The van der Waals surface area contributed by atoms with Gasteiger partial charge in [-0.05, 0) is 25.1 Å². The molecule has 2 N–H and O–H groups in total. The first-order chi connectivity index (χ1) is 14.0. The topological polar surface area (TPSA) is 78.7 Å². The van der Waals surface area contributed by atoms with E-state index in [-0.39, 0.29) is 30.2 Å². The molecular weight excluding hydrogens is 385 g/mol. The van der Waals surface area contributed by atoms with Gasteiger partial charge in [0.15, 0.2) is 17.5 Å². The maximum Gasteiger partial charge on any atom is 0.387 e. The Kier molecular flexibility index (Phi) is 8.15. The second-order valence-electron chi connectivity index (χ2n) is 5.75. The molecule has 0 radical (unpaired) electrons. The lowest BCUT2D eigenvalue weighted by molar-refractivity contribution is -0.0520. The molecule has 0 atom stereocenters. The zero-order valence-corrected chi connectivity index (χ0v) is 16.0. The third-order valence-electron chi connectivity index (χ3n) is 3.87. The van der Waals surface area contributed by atoms with Crippen molar-refractivity contribution in [2.75, 3.05) is 13.7 Å². The molecule has 0 aliphatic rings. The van der Waals surface area contributed by atoms with Gasteiger partial charge in [0.25, 0.3) is 0 Å². The van der Waals surface area contributed by atoms with Gasteiger partial charge in [0.1, 0.15) is 5.82 Å². The zero-order valence-electron chi connectivity index (χ0n) is 16.0. The molecule has 0 fully saturated rings. The highest BCUT2D eigenvalue weighted by molar-refractivity contribution is 5.79. The van der Waals surface area contributed by atoms with E-state index in [4.69, 9.17) is 10.00 Å². The van der Waals surface area contributed by atoms with Crippen LogP contribution in [0.4, 0.5) is 13.2 Å². The average Bonchev–Trinajstić information content (AvgIpc) is 2.70. The summed E-state index contributed by atoms with van der Waals surface area (Å²) in [5.74, 6) is -0.0113. The molecule has 0 aliphatic heterocycles. The summed E-state index contributed by atoms with van der Waals surface area (Å²) in [6.45, 7) is -0.706. The zero-order chi connectivity index (χ0) is 21.2. The molecule has 154 valence electrons. The number of alkyl halides is 2. The molecule has 0 saturated heterocycles. The lowest BCUT2D eigenvalue weighted by Gasteiger charge is -2.17. The number of ether oxygens (including phenoxy) is 2. The van der Waals surface area contributed by atoms with Gasteiger partial charge >= 0.3 is 6.61 Å². The summed E-state index contributed by atoms with van der Waals surface area (Å²) in [7, 11) is 1.53. The number of aliphatic imine (C=N–C) groups is 1. The first-order valence-electron chi connectivity index (χ1n) is 8.81. The summed E-state index contributed by atoms with van der Waals surface area (Å²) in [4.78, 5) is 4.03. The Bertz CT molecular complexity index is 898. The summed E-state index contributed by atoms with van der Waals surface area (Å²) in [5.41, 5.74) is 1.03. The van der Waals surface area contributed by atoms with Crippen molar-refractivity contribution in [1.82, 2.24) is 10.6 Å². The van der Waals surface area contributed by atoms with Crippen LogP contribution >= 0.6 is 0 Å². The van der Waals surface area contributed by atoms with Gasteiger partial charge in [0.2, 0.25) is 0 Å². The van der Waals surface area contributed by atoms with Crippen LogP contribution in [0, 0.1) is 17.1 Å². The Balaban J connectivity index is 2.05. The minimum atomic E-state index is -2.99. The first-order valence-corrected chi connectivity index (χ1v) is 8.81. The Labute approximate surface area is 167 Å². The van der Waals surface area contributed by atoms with Gasteiger partial charge < -0.3 is 20.1 Å². The van der Waals surface area contributed by atoms with Crippen LogP contribution in [0.3, 0.4) is 0 Å². The summed E-state index contributed by atoms with van der Waals surface area (Å²) >= 11 is 0. The molecule has 0 unspecified atom stereocenters. The van der Waals surface area contributed by atoms with E-state index in [1.165, 1.54) is 19.2 Å². The van der Waals surface area contributed by atoms with Crippen molar-refractivity contribution in [2.45, 2.75) is 26.6 Å². The van der Waals surface area contributed by atoms with Crippen LogP contribution < -0.4 is 20.1 Å². The van der Waals surface area contributed by atoms with Crippen LogP contribution in [-0.2, 0) is 13.1 Å². The van der Waals surface area contributed by atoms with E-state index in [1.54, 1.807) is 25.1 Å². The molecule has 0 aromatic heterocycles. The molecule has 0 bridgehead atoms. The van der Waals surface area contributed by atoms with Crippen molar-refractivity contribution in [3.05, 3.63) is 58.9 Å². The number of hydrogen-bond donors (Lipinski definition) is 2. The first kappa shape index (κ1) is 21.9. The van der Waals surface area contributed by atoms with Gasteiger partial charge in [-0.1, -0.05) is 18.2 Å². The largest absolute Gasteiger partial charge is 0.490 e. The van der Waals surface area contributed by atoms with Crippen LogP contribution in [-0.4, -0.2) is 26.2 Å². The highest BCUT2D eigenvalue weighted by Crippen LogP contribution is 2.32. The van der Waals surface area contributed by atoms with E-state index in [1.807, 2.05) is 6.07 Å². The third-order valence-corrected chi connectivity index (χ3v) is 3.87. The van der Waals surface area contributed by atoms with Crippen molar-refractivity contribution in [1.29, 1.82) is 5.26 Å². The van der Waals surface area contributed by atoms with Gasteiger partial charge in [-0.25, -0.2) is 4.39 Å². The third kappa shape index (κ3) is 6.31. The van der Waals surface area contributed by atoms with Crippen molar-refractivity contribution in [3.63, 3.8) is 0 Å². The van der Waals surface area contributed by atoms with E-state index in [0.717, 1.165) is 6.07 Å². The van der Waals surface area contributed by atoms with Gasteiger partial charge in [-0.2, -0.15) is 14.0 Å². The number of hydrogen-bond acceptors (Lipinski definition) is 4. The number of guanidine groups is 1. The van der Waals surface area contributed by atoms with Gasteiger partial charge in [-0.15, -0.1) is 0 Å². The summed E-state index contributed by atoms with van der Waals surface area (Å²) in [6.07, 6.45) is 0. The Morgan fingerprint density at radius 2 is 1.90 bits per heavy atom.